The molecular weight excluding hydrogens is 410 g/mol. The van der Waals surface area contributed by atoms with Crippen molar-refractivity contribution in [3.05, 3.63) is 96.1 Å². The Balaban J connectivity index is 1.66. The Morgan fingerprint density at radius 3 is 2.33 bits per heavy atom. The van der Waals surface area contributed by atoms with Crippen molar-refractivity contribution in [2.24, 2.45) is 5.92 Å². The highest BCUT2D eigenvalue weighted by molar-refractivity contribution is 5.95. The van der Waals surface area contributed by atoms with Crippen LogP contribution in [0.2, 0.25) is 0 Å². The van der Waals surface area contributed by atoms with Crippen LogP contribution in [0.3, 0.4) is 0 Å². The highest BCUT2D eigenvalue weighted by Gasteiger charge is 2.27. The molecule has 0 spiro atoms. The molecule has 1 saturated carbocycles. The van der Waals surface area contributed by atoms with Gasteiger partial charge in [0, 0.05) is 17.7 Å². The second-order valence-electron chi connectivity index (χ2n) is 8.59. The molecule has 4 rings (SSSR count). The van der Waals surface area contributed by atoms with Crippen molar-refractivity contribution >= 4 is 23.6 Å². The third kappa shape index (κ3) is 5.98. The highest BCUT2D eigenvalue weighted by atomic mass is 16.4. The second kappa shape index (κ2) is 10.8. The monoisotopic (exact) mass is 439 g/mol. The van der Waals surface area contributed by atoms with Gasteiger partial charge in [-0.2, -0.15) is 0 Å². The molecular formula is C29H29NO3. The van der Waals surface area contributed by atoms with Crippen LogP contribution in [-0.4, -0.2) is 17.0 Å². The van der Waals surface area contributed by atoms with Crippen LogP contribution < -0.4 is 4.90 Å². The molecule has 4 heteroatoms. The van der Waals surface area contributed by atoms with E-state index in [1.165, 1.54) is 6.42 Å². The first-order valence-electron chi connectivity index (χ1n) is 11.6. The minimum atomic E-state index is -0.992. The second-order valence-corrected chi connectivity index (χ2v) is 8.59. The molecule has 0 radical (unpaired) electrons. The maximum Gasteiger partial charge on any atom is 0.328 e. The van der Waals surface area contributed by atoms with Crippen LogP contribution in [0.15, 0.2) is 84.9 Å². The fourth-order valence-corrected chi connectivity index (χ4v) is 4.49. The third-order valence-electron chi connectivity index (χ3n) is 6.20. The van der Waals surface area contributed by atoms with E-state index in [1.54, 1.807) is 6.08 Å². The van der Waals surface area contributed by atoms with Crippen molar-refractivity contribution in [1.29, 1.82) is 0 Å². The van der Waals surface area contributed by atoms with Gasteiger partial charge in [-0.25, -0.2) is 4.79 Å². The van der Waals surface area contributed by atoms with Gasteiger partial charge in [-0.3, -0.25) is 4.79 Å². The Morgan fingerprint density at radius 2 is 1.58 bits per heavy atom. The van der Waals surface area contributed by atoms with Gasteiger partial charge in [-0.15, -0.1) is 0 Å². The van der Waals surface area contributed by atoms with Crippen LogP contribution in [-0.2, 0) is 16.1 Å². The summed E-state index contributed by atoms with van der Waals surface area (Å²) >= 11 is 0. The number of hydrogen-bond donors (Lipinski definition) is 1. The summed E-state index contributed by atoms with van der Waals surface area (Å²) in [6, 6.07) is 26.1. The molecule has 1 N–H and O–H groups in total. The Bertz CT molecular complexity index is 1130. The lowest BCUT2D eigenvalue weighted by atomic mass is 9.88. The molecule has 1 aliphatic rings. The lowest BCUT2D eigenvalue weighted by molar-refractivity contribution is -0.131. The van der Waals surface area contributed by atoms with E-state index in [0.29, 0.717) is 6.54 Å². The van der Waals surface area contributed by atoms with Crippen LogP contribution in [0.25, 0.3) is 17.2 Å². The predicted molar refractivity (Wildman–Crippen MR) is 133 cm³/mol. The average Bonchev–Trinajstić information content (AvgIpc) is 2.87. The van der Waals surface area contributed by atoms with E-state index in [1.807, 2.05) is 53.4 Å². The van der Waals surface area contributed by atoms with Crippen LogP contribution in [0.1, 0.15) is 43.2 Å². The van der Waals surface area contributed by atoms with Crippen molar-refractivity contribution in [1.82, 2.24) is 0 Å². The minimum absolute atomic E-state index is 0.0364. The first kappa shape index (κ1) is 22.5. The normalized spacial score (nSPS) is 14.3. The van der Waals surface area contributed by atoms with E-state index < -0.39 is 5.97 Å². The molecule has 4 nitrogen and oxygen atoms in total. The molecule has 3 aromatic carbocycles. The van der Waals surface area contributed by atoms with Crippen LogP contribution in [0.5, 0.6) is 0 Å². The Kier molecular flexibility index (Phi) is 7.36. The van der Waals surface area contributed by atoms with Crippen LogP contribution >= 0.6 is 0 Å². The SMILES string of the molecule is O=C(O)C=Cc1cccc(N(Cc2cccc(-c3ccccc3)c2)C(=O)C2CCCCC2)c1. The summed E-state index contributed by atoms with van der Waals surface area (Å²) in [6.07, 6.45) is 7.92. The number of hydrogen-bond acceptors (Lipinski definition) is 2. The number of nitrogens with zero attached hydrogens (tertiary/aromatic N) is 1. The summed E-state index contributed by atoms with van der Waals surface area (Å²) in [7, 11) is 0. The molecule has 1 fully saturated rings. The number of aliphatic carboxylic acids is 1. The number of amides is 1. The van der Waals surface area contributed by atoms with Crippen LogP contribution in [0, 0.1) is 5.92 Å². The summed E-state index contributed by atoms with van der Waals surface area (Å²) in [6.45, 7) is 0.474. The fraction of sp³-hybridized carbons (Fsp3) is 0.241. The van der Waals surface area contributed by atoms with Gasteiger partial charge < -0.3 is 10.0 Å². The van der Waals surface area contributed by atoms with E-state index in [9.17, 15) is 9.59 Å². The van der Waals surface area contributed by atoms with Crippen molar-refractivity contribution in [2.75, 3.05) is 4.90 Å². The first-order valence-corrected chi connectivity index (χ1v) is 11.6. The number of carboxylic acid groups (broad SMARTS) is 1. The molecule has 33 heavy (non-hydrogen) atoms. The summed E-state index contributed by atoms with van der Waals surface area (Å²) < 4.78 is 0. The molecule has 1 amide bonds. The van der Waals surface area contributed by atoms with Gasteiger partial charge in [-0.1, -0.05) is 79.9 Å². The van der Waals surface area contributed by atoms with E-state index in [4.69, 9.17) is 5.11 Å². The fourth-order valence-electron chi connectivity index (χ4n) is 4.49. The zero-order chi connectivity index (χ0) is 23.0. The molecule has 168 valence electrons. The van der Waals surface area contributed by atoms with E-state index >= 15 is 0 Å². The number of carboxylic acids is 1. The topological polar surface area (TPSA) is 57.6 Å². The number of anilines is 1. The Labute approximate surface area is 195 Å². The van der Waals surface area contributed by atoms with Gasteiger partial charge >= 0.3 is 5.97 Å². The van der Waals surface area contributed by atoms with Crippen molar-refractivity contribution < 1.29 is 14.7 Å². The van der Waals surface area contributed by atoms with Gasteiger partial charge in [-0.05, 0) is 59.4 Å². The van der Waals surface area contributed by atoms with Gasteiger partial charge in [0.1, 0.15) is 0 Å². The Morgan fingerprint density at radius 1 is 0.848 bits per heavy atom. The van der Waals surface area contributed by atoms with Gasteiger partial charge in [0.15, 0.2) is 0 Å². The lowest BCUT2D eigenvalue weighted by Gasteiger charge is -2.30. The van der Waals surface area contributed by atoms with Crippen molar-refractivity contribution in [3.63, 3.8) is 0 Å². The molecule has 0 bridgehead atoms. The maximum atomic E-state index is 13.6. The average molecular weight is 440 g/mol. The zero-order valence-electron chi connectivity index (χ0n) is 18.7. The minimum Gasteiger partial charge on any atom is -0.478 e. The van der Waals surface area contributed by atoms with Gasteiger partial charge in [0.2, 0.25) is 5.91 Å². The van der Waals surface area contributed by atoms with Gasteiger partial charge in [0.05, 0.1) is 6.54 Å². The number of carbonyl (C=O) groups is 2. The predicted octanol–water partition coefficient (Wildman–Crippen LogP) is 6.56. The molecule has 0 unspecified atom stereocenters. The summed E-state index contributed by atoms with van der Waals surface area (Å²) in [5, 5.41) is 8.98. The largest absolute Gasteiger partial charge is 0.478 e. The van der Waals surface area contributed by atoms with Crippen molar-refractivity contribution in [2.45, 2.75) is 38.6 Å². The van der Waals surface area contributed by atoms with Crippen molar-refractivity contribution in [3.8, 4) is 11.1 Å². The maximum absolute atomic E-state index is 13.6. The zero-order valence-corrected chi connectivity index (χ0v) is 18.7. The Hall–Kier alpha value is -3.66. The van der Waals surface area contributed by atoms with E-state index in [-0.39, 0.29) is 11.8 Å². The highest BCUT2D eigenvalue weighted by Crippen LogP contribution is 2.30. The van der Waals surface area contributed by atoms with E-state index in [2.05, 4.69) is 30.3 Å². The van der Waals surface area contributed by atoms with Crippen LogP contribution in [0.4, 0.5) is 5.69 Å². The van der Waals surface area contributed by atoms with E-state index in [0.717, 1.165) is 59.7 Å². The summed E-state index contributed by atoms with van der Waals surface area (Å²) in [5.41, 5.74) is 4.88. The molecule has 1 aliphatic carbocycles. The molecule has 0 aliphatic heterocycles. The number of rotatable bonds is 7. The molecule has 0 saturated heterocycles. The first-order chi connectivity index (χ1) is 16.1. The quantitative estimate of drug-likeness (QED) is 0.424. The molecule has 0 atom stereocenters. The standard InChI is InChI=1S/C29H29NO3/c31-28(32)18-17-22-9-8-16-27(20-22)30(29(33)25-13-5-2-6-14-25)21-23-10-7-15-26(19-23)24-11-3-1-4-12-24/h1,3-4,7-12,15-20,25H,2,5-6,13-14,21H2,(H,31,32). The molecule has 0 heterocycles. The smallest absolute Gasteiger partial charge is 0.328 e. The lowest BCUT2D eigenvalue weighted by Crippen LogP contribution is -2.36. The molecule has 3 aromatic rings. The summed E-state index contributed by atoms with van der Waals surface area (Å²) in [4.78, 5) is 26.5. The number of carbonyl (C=O) groups excluding carboxylic acids is 1. The third-order valence-corrected chi connectivity index (χ3v) is 6.20. The number of benzene rings is 3. The molecule has 0 aromatic heterocycles. The summed E-state index contributed by atoms with van der Waals surface area (Å²) in [5.74, 6) is -0.804. The van der Waals surface area contributed by atoms with Gasteiger partial charge in [0.25, 0.3) is 0 Å².